The summed E-state index contributed by atoms with van der Waals surface area (Å²) in [7, 11) is 0. The molecule has 0 aliphatic carbocycles. The van der Waals surface area contributed by atoms with Crippen molar-refractivity contribution in [3.63, 3.8) is 0 Å². The van der Waals surface area contributed by atoms with E-state index in [0.717, 1.165) is 22.1 Å². The fraction of sp³-hybridized carbons (Fsp3) is 0.308. The van der Waals surface area contributed by atoms with Crippen LogP contribution in [0.15, 0.2) is 30.5 Å². The van der Waals surface area contributed by atoms with Gasteiger partial charge in [-0.05, 0) is 18.6 Å². The number of thiazole rings is 1. The Kier molecular flexibility index (Phi) is 2.61. The van der Waals surface area contributed by atoms with Gasteiger partial charge in [0.2, 0.25) is 0 Å². The summed E-state index contributed by atoms with van der Waals surface area (Å²) in [5.74, 6) is 0.950. The molecule has 2 heterocycles. The molecule has 0 spiro atoms. The molecule has 2 aromatic rings. The van der Waals surface area contributed by atoms with Gasteiger partial charge in [-0.25, -0.2) is 4.98 Å². The van der Waals surface area contributed by atoms with E-state index < -0.39 is 6.10 Å². The van der Waals surface area contributed by atoms with Crippen LogP contribution in [0.5, 0.6) is 5.75 Å². The normalized spacial score (nSPS) is 19.8. The number of aliphatic hydroxyl groups is 1. The Bertz CT molecular complexity index is 511. The van der Waals surface area contributed by atoms with Gasteiger partial charge in [-0.3, -0.25) is 0 Å². The molecular weight excluding hydrogens is 234 g/mol. The largest absolute Gasteiger partial charge is 0.483 e. The topological polar surface area (TPSA) is 42.4 Å². The van der Waals surface area contributed by atoms with Crippen LogP contribution in [0.2, 0.25) is 0 Å². The van der Waals surface area contributed by atoms with Crippen molar-refractivity contribution >= 4 is 11.3 Å². The van der Waals surface area contributed by atoms with Crippen molar-refractivity contribution in [2.24, 2.45) is 0 Å². The first kappa shape index (κ1) is 10.7. The first-order valence-electron chi connectivity index (χ1n) is 5.62. The third kappa shape index (κ3) is 1.94. The molecule has 0 amide bonds. The number of ether oxygens (including phenoxy) is 1. The van der Waals surface area contributed by atoms with Gasteiger partial charge in [0.05, 0.1) is 11.0 Å². The maximum Gasteiger partial charge on any atom is 0.154 e. The Labute approximate surface area is 104 Å². The number of aromatic nitrogens is 1. The van der Waals surface area contributed by atoms with Crippen molar-refractivity contribution in [1.29, 1.82) is 0 Å². The van der Waals surface area contributed by atoms with Crippen LogP contribution in [0.1, 0.15) is 34.6 Å². The molecule has 0 bridgehead atoms. The number of fused-ring (bicyclic) bond motifs is 1. The molecule has 1 N–H and O–H groups in total. The van der Waals surface area contributed by atoms with E-state index in [4.69, 9.17) is 4.74 Å². The summed E-state index contributed by atoms with van der Waals surface area (Å²) in [6.07, 6.45) is 2.15. The maximum atomic E-state index is 9.48. The van der Waals surface area contributed by atoms with Gasteiger partial charge in [-0.15, -0.1) is 11.3 Å². The number of nitrogens with zero attached hydrogens (tertiary/aromatic N) is 1. The van der Waals surface area contributed by atoms with E-state index in [1.54, 1.807) is 13.1 Å². The number of aliphatic hydroxyl groups excluding tert-OH is 1. The minimum atomic E-state index is -0.454. The van der Waals surface area contributed by atoms with Crippen LogP contribution in [0.4, 0.5) is 0 Å². The molecule has 88 valence electrons. The highest BCUT2D eigenvalue weighted by molar-refractivity contribution is 7.11. The lowest BCUT2D eigenvalue weighted by Crippen LogP contribution is -2.01. The summed E-state index contributed by atoms with van der Waals surface area (Å²) in [6, 6.07) is 8.06. The van der Waals surface area contributed by atoms with Crippen LogP contribution in [-0.4, -0.2) is 10.1 Å². The summed E-state index contributed by atoms with van der Waals surface area (Å²) in [4.78, 5) is 5.22. The van der Waals surface area contributed by atoms with Gasteiger partial charge < -0.3 is 9.84 Å². The summed E-state index contributed by atoms with van der Waals surface area (Å²) >= 11 is 1.52. The molecule has 17 heavy (non-hydrogen) atoms. The highest BCUT2D eigenvalue weighted by Crippen LogP contribution is 2.38. The van der Waals surface area contributed by atoms with Gasteiger partial charge in [0.25, 0.3) is 0 Å². The Balaban J connectivity index is 1.84. The average Bonchev–Trinajstić information content (AvgIpc) is 2.95. The second-order valence-corrected chi connectivity index (χ2v) is 5.29. The third-order valence-corrected chi connectivity index (χ3v) is 4.14. The first-order chi connectivity index (χ1) is 8.24. The van der Waals surface area contributed by atoms with E-state index >= 15 is 0 Å². The third-order valence-electron chi connectivity index (χ3n) is 2.88. The van der Waals surface area contributed by atoms with Gasteiger partial charge in [0.1, 0.15) is 10.8 Å². The zero-order valence-corrected chi connectivity index (χ0v) is 10.3. The summed E-state index contributed by atoms with van der Waals surface area (Å²) < 4.78 is 5.85. The summed E-state index contributed by atoms with van der Waals surface area (Å²) in [6.45, 7) is 1.75. The molecule has 0 saturated heterocycles. The Morgan fingerprint density at radius 1 is 1.47 bits per heavy atom. The maximum absolute atomic E-state index is 9.48. The van der Waals surface area contributed by atoms with Crippen LogP contribution >= 0.6 is 11.3 Å². The zero-order valence-electron chi connectivity index (χ0n) is 9.46. The van der Waals surface area contributed by atoms with Crippen molar-refractivity contribution in [2.45, 2.75) is 25.6 Å². The highest BCUT2D eigenvalue weighted by atomic mass is 32.1. The average molecular weight is 247 g/mol. The van der Waals surface area contributed by atoms with Crippen LogP contribution in [0.3, 0.4) is 0 Å². The van der Waals surface area contributed by atoms with E-state index in [1.165, 1.54) is 16.9 Å². The second kappa shape index (κ2) is 4.13. The molecular formula is C13H13NO2S. The van der Waals surface area contributed by atoms with Crippen LogP contribution in [-0.2, 0) is 6.42 Å². The second-order valence-electron chi connectivity index (χ2n) is 4.20. The smallest absolute Gasteiger partial charge is 0.154 e. The standard InChI is InChI=1S/C13H13NO2S/c1-8(15)12-7-14-13(17-12)11-6-9-4-2-3-5-10(9)16-11/h2-5,7-8,11,15H,6H2,1H3. The van der Waals surface area contributed by atoms with Crippen LogP contribution in [0.25, 0.3) is 0 Å². The van der Waals surface area contributed by atoms with E-state index in [0.29, 0.717) is 0 Å². The Morgan fingerprint density at radius 2 is 2.29 bits per heavy atom. The monoisotopic (exact) mass is 247 g/mol. The number of para-hydroxylation sites is 1. The molecule has 0 saturated carbocycles. The number of hydrogen-bond donors (Lipinski definition) is 1. The minimum absolute atomic E-state index is 0.00454. The number of rotatable bonds is 2. The predicted octanol–water partition coefficient (Wildman–Crippen LogP) is 2.87. The molecule has 3 nitrogen and oxygen atoms in total. The van der Waals surface area contributed by atoms with E-state index in [2.05, 4.69) is 11.1 Å². The molecule has 2 unspecified atom stereocenters. The van der Waals surface area contributed by atoms with Crippen molar-refractivity contribution in [3.8, 4) is 5.75 Å². The lowest BCUT2D eigenvalue weighted by atomic mass is 10.1. The summed E-state index contributed by atoms with van der Waals surface area (Å²) in [5.41, 5.74) is 1.23. The van der Waals surface area contributed by atoms with E-state index in [-0.39, 0.29) is 6.10 Å². The quantitative estimate of drug-likeness (QED) is 0.887. The molecule has 4 heteroatoms. The molecule has 1 aromatic carbocycles. The van der Waals surface area contributed by atoms with E-state index in [9.17, 15) is 5.11 Å². The fourth-order valence-electron chi connectivity index (χ4n) is 1.96. The lowest BCUT2D eigenvalue weighted by molar-refractivity contribution is 0.203. The number of benzene rings is 1. The Hall–Kier alpha value is -1.39. The van der Waals surface area contributed by atoms with Crippen LogP contribution in [0, 0.1) is 0 Å². The fourth-order valence-corrected chi connectivity index (χ4v) is 2.85. The molecule has 0 fully saturated rings. The minimum Gasteiger partial charge on any atom is -0.483 e. The van der Waals surface area contributed by atoms with Crippen molar-refractivity contribution in [1.82, 2.24) is 4.98 Å². The zero-order chi connectivity index (χ0) is 11.8. The highest BCUT2D eigenvalue weighted by Gasteiger charge is 2.26. The summed E-state index contributed by atoms with van der Waals surface area (Å²) in [5, 5.41) is 10.4. The molecule has 0 radical (unpaired) electrons. The van der Waals surface area contributed by atoms with Gasteiger partial charge >= 0.3 is 0 Å². The van der Waals surface area contributed by atoms with Gasteiger partial charge in [0.15, 0.2) is 6.10 Å². The van der Waals surface area contributed by atoms with Gasteiger partial charge in [-0.1, -0.05) is 18.2 Å². The predicted molar refractivity (Wildman–Crippen MR) is 66.3 cm³/mol. The first-order valence-corrected chi connectivity index (χ1v) is 6.44. The van der Waals surface area contributed by atoms with Gasteiger partial charge in [0, 0.05) is 12.6 Å². The SMILES string of the molecule is CC(O)c1cnc(C2Cc3ccccc3O2)s1. The van der Waals surface area contributed by atoms with Crippen molar-refractivity contribution < 1.29 is 9.84 Å². The molecule has 1 aliphatic heterocycles. The number of hydrogen-bond acceptors (Lipinski definition) is 4. The molecule has 1 aromatic heterocycles. The Morgan fingerprint density at radius 3 is 3.00 bits per heavy atom. The van der Waals surface area contributed by atoms with Gasteiger partial charge in [-0.2, -0.15) is 0 Å². The molecule has 1 aliphatic rings. The molecule has 2 atom stereocenters. The van der Waals surface area contributed by atoms with Crippen LogP contribution < -0.4 is 4.74 Å². The van der Waals surface area contributed by atoms with Crippen molar-refractivity contribution in [2.75, 3.05) is 0 Å². The van der Waals surface area contributed by atoms with E-state index in [1.807, 2.05) is 18.2 Å². The molecule has 3 rings (SSSR count). The van der Waals surface area contributed by atoms with Crippen molar-refractivity contribution in [3.05, 3.63) is 45.9 Å². The lowest BCUT2D eigenvalue weighted by Gasteiger charge is -2.06.